The van der Waals surface area contributed by atoms with Gasteiger partial charge >= 0.3 is 0 Å². The maximum Gasteiger partial charge on any atom is 0.137 e. The molecule has 0 radical (unpaired) electrons. The minimum atomic E-state index is -1.28. The van der Waals surface area contributed by atoms with Gasteiger partial charge < -0.3 is 5.73 Å². The van der Waals surface area contributed by atoms with E-state index in [2.05, 4.69) is 15.9 Å². The van der Waals surface area contributed by atoms with E-state index in [1.807, 2.05) is 0 Å². The first-order valence-electron chi connectivity index (χ1n) is 5.88. The van der Waals surface area contributed by atoms with Crippen LogP contribution in [0.2, 0.25) is 0 Å². The molecule has 0 heterocycles. The van der Waals surface area contributed by atoms with E-state index >= 15 is 0 Å². The first-order chi connectivity index (χ1) is 8.00. The molecule has 17 heavy (non-hydrogen) atoms. The molecule has 2 rings (SSSR count). The fourth-order valence-corrected chi connectivity index (χ4v) is 2.95. The molecule has 4 heteroatoms. The number of alkyl halides is 1. The monoisotopic (exact) mass is 303 g/mol. The Balaban J connectivity index is 2.17. The summed E-state index contributed by atoms with van der Waals surface area (Å²) in [5, 5.41) is 0. The summed E-state index contributed by atoms with van der Waals surface area (Å²) in [6, 6.07) is 4.67. The minimum Gasteiger partial charge on any atom is -0.328 e. The highest BCUT2D eigenvalue weighted by atomic mass is 79.9. The topological polar surface area (TPSA) is 26.0 Å². The largest absolute Gasteiger partial charge is 0.328 e. The molecule has 0 amide bonds. The van der Waals surface area contributed by atoms with Crippen LogP contribution in [-0.4, -0.2) is 11.7 Å². The van der Waals surface area contributed by atoms with Crippen molar-refractivity contribution in [1.82, 2.24) is 0 Å². The molecule has 1 aromatic rings. The van der Waals surface area contributed by atoms with Gasteiger partial charge in [0.1, 0.15) is 11.5 Å². The summed E-state index contributed by atoms with van der Waals surface area (Å²) in [6.45, 7) is 0. The fourth-order valence-electron chi connectivity index (χ4n) is 2.54. The van der Waals surface area contributed by atoms with Crippen molar-refractivity contribution in [3.05, 3.63) is 34.1 Å². The quantitative estimate of drug-likeness (QED) is 0.885. The van der Waals surface area contributed by atoms with Crippen LogP contribution < -0.4 is 5.73 Å². The van der Waals surface area contributed by atoms with Crippen LogP contribution in [0.15, 0.2) is 22.7 Å². The summed E-state index contributed by atoms with van der Waals surface area (Å²) < 4.78 is 28.3. The number of hydrogen-bond acceptors (Lipinski definition) is 1. The third kappa shape index (κ3) is 3.05. The molecular formula is C13H16BrF2N. The van der Waals surface area contributed by atoms with Crippen molar-refractivity contribution in [2.24, 2.45) is 5.73 Å². The standard InChI is InChI=1S/C13H16BrF2N/c14-12-9(3-1-5-11(12)15)7-13(16)6-2-4-10(17)8-13/h1,3,5,10H,2,4,6-8,17H2. The van der Waals surface area contributed by atoms with Crippen molar-refractivity contribution in [2.75, 3.05) is 0 Å². The summed E-state index contributed by atoms with van der Waals surface area (Å²) in [7, 11) is 0. The van der Waals surface area contributed by atoms with Gasteiger partial charge in [-0.25, -0.2) is 8.78 Å². The number of benzene rings is 1. The van der Waals surface area contributed by atoms with E-state index in [0.29, 0.717) is 22.9 Å². The van der Waals surface area contributed by atoms with Crippen molar-refractivity contribution in [3.63, 3.8) is 0 Å². The summed E-state index contributed by atoms with van der Waals surface area (Å²) in [6.07, 6.45) is 2.82. The predicted molar refractivity (Wildman–Crippen MR) is 68.1 cm³/mol. The van der Waals surface area contributed by atoms with Crippen LogP contribution in [-0.2, 0) is 6.42 Å². The van der Waals surface area contributed by atoms with E-state index in [1.54, 1.807) is 12.1 Å². The Morgan fingerprint density at radius 1 is 1.47 bits per heavy atom. The van der Waals surface area contributed by atoms with Crippen molar-refractivity contribution < 1.29 is 8.78 Å². The molecule has 2 N–H and O–H groups in total. The molecule has 1 aliphatic rings. The molecule has 94 valence electrons. The van der Waals surface area contributed by atoms with Crippen LogP contribution in [0.3, 0.4) is 0 Å². The Hall–Kier alpha value is -0.480. The lowest BCUT2D eigenvalue weighted by Crippen LogP contribution is -2.39. The van der Waals surface area contributed by atoms with Gasteiger partial charge in [-0.3, -0.25) is 0 Å². The average Bonchev–Trinajstić information content (AvgIpc) is 2.24. The van der Waals surface area contributed by atoms with Gasteiger partial charge in [-0.2, -0.15) is 0 Å². The van der Waals surface area contributed by atoms with Crippen molar-refractivity contribution in [1.29, 1.82) is 0 Å². The lowest BCUT2D eigenvalue weighted by molar-refractivity contribution is 0.0962. The van der Waals surface area contributed by atoms with E-state index in [9.17, 15) is 8.78 Å². The van der Waals surface area contributed by atoms with Crippen LogP contribution in [0, 0.1) is 5.82 Å². The number of nitrogens with two attached hydrogens (primary N) is 1. The fraction of sp³-hybridized carbons (Fsp3) is 0.538. The molecule has 0 aromatic heterocycles. The number of hydrogen-bond donors (Lipinski definition) is 1. The Morgan fingerprint density at radius 2 is 2.24 bits per heavy atom. The second-order valence-electron chi connectivity index (χ2n) is 4.90. The molecule has 1 saturated carbocycles. The SMILES string of the molecule is NC1CCCC(F)(Cc2cccc(F)c2Br)C1. The second-order valence-corrected chi connectivity index (χ2v) is 5.69. The molecule has 0 spiro atoms. The van der Waals surface area contributed by atoms with Gasteiger partial charge in [0.05, 0.1) is 4.47 Å². The van der Waals surface area contributed by atoms with Gasteiger partial charge in [0.25, 0.3) is 0 Å². The third-order valence-electron chi connectivity index (χ3n) is 3.37. The van der Waals surface area contributed by atoms with E-state index in [1.165, 1.54) is 6.07 Å². The molecule has 0 saturated heterocycles. The van der Waals surface area contributed by atoms with Crippen LogP contribution in [0.1, 0.15) is 31.2 Å². The maximum atomic E-state index is 14.6. The molecule has 2 unspecified atom stereocenters. The molecule has 1 fully saturated rings. The van der Waals surface area contributed by atoms with Gasteiger partial charge in [0.15, 0.2) is 0 Å². The normalized spacial score (nSPS) is 29.3. The molecule has 1 aliphatic carbocycles. The molecular weight excluding hydrogens is 288 g/mol. The van der Waals surface area contributed by atoms with Crippen LogP contribution in [0.25, 0.3) is 0 Å². The third-order valence-corrected chi connectivity index (χ3v) is 4.25. The summed E-state index contributed by atoms with van der Waals surface area (Å²) >= 11 is 3.17. The summed E-state index contributed by atoms with van der Waals surface area (Å²) in [4.78, 5) is 0. The van der Waals surface area contributed by atoms with E-state index in [0.717, 1.165) is 12.8 Å². The summed E-state index contributed by atoms with van der Waals surface area (Å²) in [5.74, 6) is -0.341. The Morgan fingerprint density at radius 3 is 2.94 bits per heavy atom. The van der Waals surface area contributed by atoms with Crippen LogP contribution in [0.5, 0.6) is 0 Å². The van der Waals surface area contributed by atoms with Gasteiger partial charge in [-0.15, -0.1) is 0 Å². The van der Waals surface area contributed by atoms with Crippen molar-refractivity contribution in [2.45, 2.75) is 43.8 Å². The Kier molecular flexibility index (Phi) is 3.83. The maximum absolute atomic E-state index is 14.6. The number of rotatable bonds is 2. The summed E-state index contributed by atoms with van der Waals surface area (Å²) in [5.41, 5.74) is 5.20. The van der Waals surface area contributed by atoms with Crippen LogP contribution >= 0.6 is 15.9 Å². The molecule has 1 nitrogen and oxygen atoms in total. The first kappa shape index (κ1) is 13.0. The average molecular weight is 304 g/mol. The second kappa shape index (κ2) is 5.02. The molecule has 0 bridgehead atoms. The van der Waals surface area contributed by atoms with E-state index < -0.39 is 5.67 Å². The highest BCUT2D eigenvalue weighted by Crippen LogP contribution is 2.36. The van der Waals surface area contributed by atoms with Gasteiger partial charge in [0, 0.05) is 12.5 Å². The van der Waals surface area contributed by atoms with Gasteiger partial charge in [0.2, 0.25) is 0 Å². The molecule has 1 aromatic carbocycles. The van der Waals surface area contributed by atoms with Gasteiger partial charge in [-0.05, 0) is 53.2 Å². The smallest absolute Gasteiger partial charge is 0.137 e. The zero-order valence-corrected chi connectivity index (χ0v) is 11.1. The lowest BCUT2D eigenvalue weighted by Gasteiger charge is -2.33. The van der Waals surface area contributed by atoms with Crippen molar-refractivity contribution >= 4 is 15.9 Å². The minimum absolute atomic E-state index is 0.0684. The first-order valence-corrected chi connectivity index (χ1v) is 6.67. The molecule has 2 atom stereocenters. The van der Waals surface area contributed by atoms with Crippen molar-refractivity contribution in [3.8, 4) is 0 Å². The highest BCUT2D eigenvalue weighted by molar-refractivity contribution is 9.10. The zero-order valence-electron chi connectivity index (χ0n) is 9.56. The van der Waals surface area contributed by atoms with E-state index in [-0.39, 0.29) is 18.3 Å². The number of halogens is 3. The van der Waals surface area contributed by atoms with Crippen LogP contribution in [0.4, 0.5) is 8.78 Å². The highest BCUT2D eigenvalue weighted by Gasteiger charge is 2.35. The zero-order chi connectivity index (χ0) is 12.5. The molecule has 0 aliphatic heterocycles. The van der Waals surface area contributed by atoms with Gasteiger partial charge in [-0.1, -0.05) is 12.1 Å². The Labute approximate surface area is 109 Å². The Bertz CT molecular complexity index is 410. The predicted octanol–water partition coefficient (Wildman–Crippen LogP) is 3.74. The lowest BCUT2D eigenvalue weighted by atomic mass is 9.80. The van der Waals surface area contributed by atoms with E-state index in [4.69, 9.17) is 5.73 Å².